The van der Waals surface area contributed by atoms with Crippen molar-refractivity contribution in [2.24, 2.45) is 5.92 Å². The van der Waals surface area contributed by atoms with Crippen LogP contribution in [0.15, 0.2) is 24.3 Å². The van der Waals surface area contributed by atoms with Gasteiger partial charge in [-0.2, -0.15) is 0 Å². The molecule has 1 aromatic carbocycles. The average Bonchev–Trinajstić information content (AvgIpc) is 2.81. The first-order chi connectivity index (χ1) is 11.5. The molecular formula is C15H17Cl2F2N3OS. The number of urea groups is 1. The number of nitrogens with zero attached hydrogens (tertiary/aromatic N) is 3. The fraction of sp³-hybridized carbons (Fsp3) is 0.533. The Bertz CT molecular complexity index is 587. The van der Waals surface area contributed by atoms with E-state index in [0.29, 0.717) is 5.69 Å². The quantitative estimate of drug-likeness (QED) is 0.383. The fourth-order valence-electron chi connectivity index (χ4n) is 3.36. The Labute approximate surface area is 153 Å². The van der Waals surface area contributed by atoms with Gasteiger partial charge in [-0.05, 0) is 55.0 Å². The van der Waals surface area contributed by atoms with Crippen LogP contribution in [0.4, 0.5) is 19.4 Å². The van der Waals surface area contributed by atoms with Gasteiger partial charge in [-0.1, -0.05) is 52.2 Å². The number of hydrazine groups is 1. The number of carbonyl (C=O) groups excluding carboxylic acids is 1. The van der Waals surface area contributed by atoms with Crippen molar-refractivity contribution in [2.45, 2.75) is 42.4 Å². The Kier molecular flexibility index (Phi) is 5.74. The standard InChI is InChI=1S/C15H17Cl2F2N3OS/c16-14(17)24-22-13(10-4-2-1-3-5-10)20(15(23)21(22)19)12-8-6-11(18)7-9-12/h6-10,13-14H,1-5H2. The van der Waals surface area contributed by atoms with Crippen molar-refractivity contribution in [3.05, 3.63) is 30.1 Å². The summed E-state index contributed by atoms with van der Waals surface area (Å²) >= 11 is 12.5. The third-order valence-corrected chi connectivity index (χ3v) is 5.60. The summed E-state index contributed by atoms with van der Waals surface area (Å²) in [5.41, 5.74) is 0.448. The molecule has 2 aliphatic rings. The van der Waals surface area contributed by atoms with E-state index in [1.54, 1.807) is 0 Å². The van der Waals surface area contributed by atoms with Gasteiger partial charge >= 0.3 is 6.03 Å². The molecule has 4 nitrogen and oxygen atoms in total. The van der Waals surface area contributed by atoms with Crippen LogP contribution >= 0.6 is 35.1 Å². The maximum Gasteiger partial charge on any atom is 0.370 e. The van der Waals surface area contributed by atoms with E-state index < -0.39 is 22.2 Å². The van der Waals surface area contributed by atoms with Crippen molar-refractivity contribution in [1.29, 1.82) is 0 Å². The lowest BCUT2D eigenvalue weighted by Gasteiger charge is -2.36. The number of alkyl halides is 2. The van der Waals surface area contributed by atoms with Gasteiger partial charge in [0.15, 0.2) is 4.17 Å². The molecule has 1 atom stereocenters. The molecule has 2 fully saturated rings. The number of halogens is 4. The van der Waals surface area contributed by atoms with Gasteiger partial charge in [0.05, 0.1) is 0 Å². The fourth-order valence-corrected chi connectivity index (χ4v) is 4.56. The third kappa shape index (κ3) is 3.59. The Morgan fingerprint density at radius 3 is 2.33 bits per heavy atom. The molecule has 0 N–H and O–H groups in total. The maximum atomic E-state index is 14.5. The summed E-state index contributed by atoms with van der Waals surface area (Å²) in [6.45, 7) is 0. The zero-order valence-electron chi connectivity index (χ0n) is 12.7. The van der Waals surface area contributed by atoms with Gasteiger partial charge in [-0.15, -0.1) is 4.41 Å². The second kappa shape index (κ2) is 7.64. The van der Waals surface area contributed by atoms with E-state index >= 15 is 0 Å². The van der Waals surface area contributed by atoms with Crippen LogP contribution in [0.1, 0.15) is 32.1 Å². The lowest BCUT2D eigenvalue weighted by Crippen LogP contribution is -2.44. The second-order valence-corrected chi connectivity index (χ2v) is 8.54. The number of benzene rings is 1. The van der Waals surface area contributed by atoms with Crippen LogP contribution in [0.3, 0.4) is 0 Å². The van der Waals surface area contributed by atoms with Gasteiger partial charge < -0.3 is 0 Å². The Hall–Kier alpha value is -0.760. The molecule has 0 radical (unpaired) electrons. The van der Waals surface area contributed by atoms with Crippen LogP contribution < -0.4 is 4.90 Å². The molecule has 132 valence electrons. The van der Waals surface area contributed by atoms with Crippen LogP contribution in [0, 0.1) is 11.7 Å². The van der Waals surface area contributed by atoms with Gasteiger partial charge in [0.2, 0.25) is 0 Å². The van der Waals surface area contributed by atoms with Gasteiger partial charge in [0.25, 0.3) is 0 Å². The first-order valence-electron chi connectivity index (χ1n) is 7.78. The highest BCUT2D eigenvalue weighted by Gasteiger charge is 2.50. The van der Waals surface area contributed by atoms with Crippen LogP contribution in [0.5, 0.6) is 0 Å². The molecule has 1 heterocycles. The van der Waals surface area contributed by atoms with Gasteiger partial charge in [0, 0.05) is 5.69 Å². The van der Waals surface area contributed by atoms with Crippen molar-refractivity contribution in [3.8, 4) is 0 Å². The largest absolute Gasteiger partial charge is 0.370 e. The topological polar surface area (TPSA) is 26.8 Å². The van der Waals surface area contributed by atoms with Crippen molar-refractivity contribution in [3.63, 3.8) is 0 Å². The Balaban J connectivity index is 1.96. The summed E-state index contributed by atoms with van der Waals surface area (Å²) in [5, 5.41) is 0.0467. The lowest BCUT2D eigenvalue weighted by atomic mass is 9.86. The SMILES string of the molecule is O=C1N(c2ccc(F)cc2)C(C2CCCCC2)N(SC(Cl)Cl)N1F. The van der Waals surface area contributed by atoms with E-state index in [1.165, 1.54) is 33.6 Å². The molecule has 0 spiro atoms. The maximum absolute atomic E-state index is 14.5. The smallest absolute Gasteiger partial charge is 0.272 e. The Morgan fingerprint density at radius 2 is 1.75 bits per heavy atom. The molecule has 24 heavy (non-hydrogen) atoms. The van der Waals surface area contributed by atoms with Crippen LogP contribution in [0.25, 0.3) is 0 Å². The molecule has 0 aromatic heterocycles. The number of rotatable bonds is 4. The number of hydrogen-bond donors (Lipinski definition) is 0. The summed E-state index contributed by atoms with van der Waals surface area (Å²) in [7, 11) is 0. The molecule has 9 heteroatoms. The first-order valence-corrected chi connectivity index (χ1v) is 9.48. The zero-order chi connectivity index (χ0) is 17.3. The molecule has 1 saturated carbocycles. The summed E-state index contributed by atoms with van der Waals surface area (Å²) in [6, 6.07) is 4.64. The van der Waals surface area contributed by atoms with Crippen LogP contribution in [0.2, 0.25) is 0 Å². The summed E-state index contributed by atoms with van der Waals surface area (Å²) in [5.74, 6) is -0.322. The summed E-state index contributed by atoms with van der Waals surface area (Å²) in [6.07, 6.45) is 4.42. The van der Waals surface area contributed by atoms with Crippen molar-refractivity contribution < 1.29 is 13.7 Å². The van der Waals surface area contributed by atoms with Crippen molar-refractivity contribution in [1.82, 2.24) is 9.65 Å². The minimum Gasteiger partial charge on any atom is -0.272 e. The van der Waals surface area contributed by atoms with E-state index in [0.717, 1.165) is 44.1 Å². The lowest BCUT2D eigenvalue weighted by molar-refractivity contribution is -0.0567. The molecule has 1 aromatic rings. The monoisotopic (exact) mass is 395 g/mol. The molecule has 1 saturated heterocycles. The highest BCUT2D eigenvalue weighted by atomic mass is 35.5. The summed E-state index contributed by atoms with van der Waals surface area (Å²) < 4.78 is 28.0. The first kappa shape index (κ1) is 18.0. The van der Waals surface area contributed by atoms with Crippen LogP contribution in [-0.2, 0) is 0 Å². The molecule has 1 aliphatic heterocycles. The van der Waals surface area contributed by atoms with Gasteiger partial charge in [0.1, 0.15) is 12.0 Å². The average molecular weight is 396 g/mol. The predicted molar refractivity (Wildman–Crippen MR) is 92.5 cm³/mol. The highest BCUT2D eigenvalue weighted by Crippen LogP contribution is 2.43. The van der Waals surface area contributed by atoms with E-state index in [1.807, 2.05) is 0 Å². The second-order valence-electron chi connectivity index (χ2n) is 5.87. The molecule has 3 rings (SSSR count). The molecule has 2 amide bonds. The molecular weight excluding hydrogens is 379 g/mol. The minimum atomic E-state index is -0.907. The third-order valence-electron chi connectivity index (χ3n) is 4.39. The number of carbonyl (C=O) groups is 1. The minimum absolute atomic E-state index is 0.0467. The van der Waals surface area contributed by atoms with Gasteiger partial charge in [-0.25, -0.2) is 9.18 Å². The summed E-state index contributed by atoms with van der Waals surface area (Å²) in [4.78, 5) is 13.8. The van der Waals surface area contributed by atoms with E-state index in [2.05, 4.69) is 0 Å². The van der Waals surface area contributed by atoms with Gasteiger partial charge in [-0.3, -0.25) is 4.90 Å². The van der Waals surface area contributed by atoms with E-state index in [-0.39, 0.29) is 11.1 Å². The molecule has 1 unspecified atom stereocenters. The van der Waals surface area contributed by atoms with Crippen molar-refractivity contribution >= 4 is 46.9 Å². The van der Waals surface area contributed by atoms with E-state index in [4.69, 9.17) is 23.2 Å². The van der Waals surface area contributed by atoms with E-state index in [9.17, 15) is 13.7 Å². The number of amides is 2. The molecule has 1 aliphatic carbocycles. The zero-order valence-corrected chi connectivity index (χ0v) is 15.1. The molecule has 0 bridgehead atoms. The Morgan fingerprint density at radius 1 is 1.12 bits per heavy atom. The normalized spacial score (nSPS) is 23.5. The number of hydrogen-bond acceptors (Lipinski definition) is 3. The van der Waals surface area contributed by atoms with Crippen molar-refractivity contribution in [2.75, 3.05) is 4.90 Å². The number of anilines is 1. The van der Waals surface area contributed by atoms with Crippen LogP contribution in [-0.4, -0.2) is 26.0 Å². The predicted octanol–water partition coefficient (Wildman–Crippen LogP) is 5.49. The highest BCUT2D eigenvalue weighted by molar-refractivity contribution is 8.00.